The molecule has 1 atom stereocenters. The number of fused-ring (bicyclic) bond motifs is 1. The van der Waals surface area contributed by atoms with E-state index in [1.165, 1.54) is 11.1 Å². The normalized spacial score (nSPS) is 22.6. The van der Waals surface area contributed by atoms with Crippen molar-refractivity contribution in [1.82, 2.24) is 19.6 Å². The van der Waals surface area contributed by atoms with Crippen LogP contribution in [0.3, 0.4) is 0 Å². The van der Waals surface area contributed by atoms with Crippen molar-refractivity contribution < 1.29 is 9.59 Å². The number of hydrogen-bond acceptors (Lipinski definition) is 4. The van der Waals surface area contributed by atoms with Gasteiger partial charge in [0.05, 0.1) is 18.3 Å². The number of nitrogens with zero attached hydrogens (tertiary/aromatic N) is 4. The Balaban J connectivity index is 1.21. The van der Waals surface area contributed by atoms with Crippen LogP contribution in [0.4, 0.5) is 5.82 Å². The van der Waals surface area contributed by atoms with Crippen LogP contribution in [0, 0.1) is 5.92 Å². The lowest BCUT2D eigenvalue weighted by Crippen LogP contribution is -2.52. The predicted octanol–water partition coefficient (Wildman–Crippen LogP) is 2.45. The van der Waals surface area contributed by atoms with Crippen LogP contribution in [0.2, 0.25) is 0 Å². The molecular formula is C23H29N5O2. The molecule has 1 aromatic carbocycles. The maximum absolute atomic E-state index is 13.3. The third kappa shape index (κ3) is 3.74. The lowest BCUT2D eigenvalue weighted by molar-refractivity contribution is -0.138. The maximum atomic E-state index is 13.3. The van der Waals surface area contributed by atoms with Gasteiger partial charge in [-0.25, -0.2) is 4.68 Å². The van der Waals surface area contributed by atoms with Gasteiger partial charge in [0, 0.05) is 31.6 Å². The number of carbonyl (C=O) groups is 2. The number of amides is 2. The Labute approximate surface area is 177 Å². The van der Waals surface area contributed by atoms with Crippen molar-refractivity contribution in [3.05, 3.63) is 47.7 Å². The lowest BCUT2D eigenvalue weighted by Gasteiger charge is -2.39. The molecule has 30 heavy (non-hydrogen) atoms. The van der Waals surface area contributed by atoms with E-state index in [1.807, 2.05) is 22.7 Å². The summed E-state index contributed by atoms with van der Waals surface area (Å²) in [4.78, 5) is 29.6. The van der Waals surface area contributed by atoms with E-state index >= 15 is 0 Å². The molecule has 2 fully saturated rings. The smallest absolute Gasteiger partial charge is 0.240 e. The minimum atomic E-state index is -0.0884. The molecule has 0 bridgehead atoms. The molecule has 158 valence electrons. The van der Waals surface area contributed by atoms with E-state index in [-0.39, 0.29) is 29.8 Å². The molecule has 7 heteroatoms. The number of hydrogen-bond donors (Lipinski definition) is 1. The van der Waals surface area contributed by atoms with Crippen LogP contribution >= 0.6 is 0 Å². The number of nitrogens with one attached hydrogen (secondary N) is 1. The first kappa shape index (κ1) is 19.3. The fourth-order valence-electron chi connectivity index (χ4n) is 4.75. The van der Waals surface area contributed by atoms with Crippen LogP contribution in [0.15, 0.2) is 36.5 Å². The second-order valence-electron chi connectivity index (χ2n) is 8.88. The molecule has 3 heterocycles. The molecule has 1 saturated carbocycles. The maximum Gasteiger partial charge on any atom is 0.240 e. The second-order valence-corrected chi connectivity index (χ2v) is 8.88. The average Bonchev–Trinajstić information content (AvgIpc) is 3.52. The van der Waals surface area contributed by atoms with Crippen LogP contribution in [-0.2, 0) is 22.6 Å². The van der Waals surface area contributed by atoms with Gasteiger partial charge in [-0.1, -0.05) is 24.3 Å². The Morgan fingerprint density at radius 2 is 1.77 bits per heavy atom. The van der Waals surface area contributed by atoms with E-state index < -0.39 is 0 Å². The first-order valence-electron chi connectivity index (χ1n) is 11.0. The number of aromatic nitrogens is 2. The van der Waals surface area contributed by atoms with Gasteiger partial charge in [-0.15, -0.1) is 0 Å². The van der Waals surface area contributed by atoms with Crippen molar-refractivity contribution in [2.45, 2.75) is 50.7 Å². The molecule has 1 aliphatic carbocycles. The van der Waals surface area contributed by atoms with Gasteiger partial charge in [0.25, 0.3) is 0 Å². The number of carbonyl (C=O) groups excluding carboxylic acids is 2. The van der Waals surface area contributed by atoms with Crippen molar-refractivity contribution in [3.8, 4) is 0 Å². The summed E-state index contributed by atoms with van der Waals surface area (Å²) < 4.78 is 1.94. The summed E-state index contributed by atoms with van der Waals surface area (Å²) in [7, 11) is 2.05. The summed E-state index contributed by atoms with van der Waals surface area (Å²) in [5, 5.41) is 7.48. The SMILES string of the molecule is CN1Cc2ccccc2CC1C(=O)N1CCC(n2nccc2NC(=O)C2CC2)CC1. The Hall–Kier alpha value is -2.67. The van der Waals surface area contributed by atoms with Gasteiger partial charge in [0.15, 0.2) is 0 Å². The van der Waals surface area contributed by atoms with Crippen molar-refractivity contribution >= 4 is 17.6 Å². The molecule has 0 radical (unpaired) electrons. The molecule has 7 nitrogen and oxygen atoms in total. The lowest BCUT2D eigenvalue weighted by atomic mass is 9.93. The van der Waals surface area contributed by atoms with Gasteiger partial charge in [-0.3, -0.25) is 14.5 Å². The van der Waals surface area contributed by atoms with Crippen molar-refractivity contribution in [2.75, 3.05) is 25.5 Å². The van der Waals surface area contributed by atoms with E-state index in [4.69, 9.17) is 0 Å². The van der Waals surface area contributed by atoms with Crippen LogP contribution < -0.4 is 5.32 Å². The molecule has 5 rings (SSSR count). The van der Waals surface area contributed by atoms with E-state index in [1.54, 1.807) is 6.20 Å². The second kappa shape index (κ2) is 7.87. The summed E-state index contributed by atoms with van der Waals surface area (Å²) in [6, 6.07) is 10.4. The molecular weight excluding hydrogens is 378 g/mol. The Bertz CT molecular complexity index is 943. The number of rotatable bonds is 4. The average molecular weight is 408 g/mol. The van der Waals surface area contributed by atoms with Gasteiger partial charge in [0.2, 0.25) is 11.8 Å². The number of benzene rings is 1. The molecule has 0 spiro atoms. The fourth-order valence-corrected chi connectivity index (χ4v) is 4.75. The highest BCUT2D eigenvalue weighted by Crippen LogP contribution is 2.32. The zero-order valence-electron chi connectivity index (χ0n) is 17.5. The highest BCUT2D eigenvalue weighted by atomic mass is 16.2. The van der Waals surface area contributed by atoms with Crippen LogP contribution in [0.5, 0.6) is 0 Å². The minimum absolute atomic E-state index is 0.0884. The largest absolute Gasteiger partial charge is 0.341 e. The molecule has 3 aliphatic rings. The zero-order chi connectivity index (χ0) is 20.7. The Morgan fingerprint density at radius 1 is 1.03 bits per heavy atom. The van der Waals surface area contributed by atoms with Gasteiger partial charge in [-0.05, 0) is 50.3 Å². The fraction of sp³-hybridized carbons (Fsp3) is 0.522. The first-order chi connectivity index (χ1) is 14.6. The molecule has 2 aromatic rings. The number of anilines is 1. The molecule has 2 aliphatic heterocycles. The van der Waals surface area contributed by atoms with Crippen LogP contribution in [-0.4, -0.2) is 57.6 Å². The highest BCUT2D eigenvalue weighted by molar-refractivity contribution is 5.93. The van der Waals surface area contributed by atoms with Crippen LogP contribution in [0.25, 0.3) is 0 Å². The minimum Gasteiger partial charge on any atom is -0.341 e. The third-order valence-electron chi connectivity index (χ3n) is 6.76. The summed E-state index contributed by atoms with van der Waals surface area (Å²) in [6.07, 6.45) is 6.21. The standard InChI is InChI=1S/C23H29N5O2/c1-26-15-18-5-3-2-4-17(18)14-20(26)23(30)27-12-9-19(10-13-27)28-21(8-11-24-28)25-22(29)16-6-7-16/h2-5,8,11,16,19-20H,6-7,9-10,12-15H2,1H3,(H,25,29). The van der Waals surface area contributed by atoms with Crippen LogP contribution in [0.1, 0.15) is 42.9 Å². The molecule has 1 saturated heterocycles. The van der Waals surface area contributed by atoms with Gasteiger partial charge in [0.1, 0.15) is 5.82 Å². The van der Waals surface area contributed by atoms with Gasteiger partial charge < -0.3 is 10.2 Å². The third-order valence-corrected chi connectivity index (χ3v) is 6.76. The topological polar surface area (TPSA) is 70.5 Å². The van der Waals surface area contributed by atoms with E-state index in [2.05, 4.69) is 39.6 Å². The number of likely N-dealkylation sites (tertiary alicyclic amines) is 1. The summed E-state index contributed by atoms with van der Waals surface area (Å²) in [5.41, 5.74) is 2.61. The van der Waals surface area contributed by atoms with Gasteiger partial charge in [-0.2, -0.15) is 5.10 Å². The zero-order valence-corrected chi connectivity index (χ0v) is 17.5. The van der Waals surface area contributed by atoms with Crippen molar-refractivity contribution in [3.63, 3.8) is 0 Å². The molecule has 2 amide bonds. The quantitative estimate of drug-likeness (QED) is 0.845. The summed E-state index contributed by atoms with van der Waals surface area (Å²) >= 11 is 0. The molecule has 1 unspecified atom stereocenters. The van der Waals surface area contributed by atoms with Gasteiger partial charge >= 0.3 is 0 Å². The highest BCUT2D eigenvalue weighted by Gasteiger charge is 2.35. The Kier molecular flexibility index (Phi) is 5.06. The monoisotopic (exact) mass is 407 g/mol. The predicted molar refractivity (Wildman–Crippen MR) is 114 cm³/mol. The molecule has 1 N–H and O–H groups in total. The summed E-state index contributed by atoms with van der Waals surface area (Å²) in [6.45, 7) is 2.27. The number of likely N-dealkylation sites (N-methyl/N-ethyl adjacent to an activating group) is 1. The number of piperidine rings is 1. The Morgan fingerprint density at radius 3 is 2.50 bits per heavy atom. The van der Waals surface area contributed by atoms with Crippen molar-refractivity contribution in [1.29, 1.82) is 0 Å². The van der Waals surface area contributed by atoms with Crippen molar-refractivity contribution in [2.24, 2.45) is 5.92 Å². The first-order valence-corrected chi connectivity index (χ1v) is 11.0. The van der Waals surface area contributed by atoms with E-state index in [0.29, 0.717) is 0 Å². The van der Waals surface area contributed by atoms with E-state index in [0.717, 1.165) is 57.6 Å². The van der Waals surface area contributed by atoms with E-state index in [9.17, 15) is 9.59 Å². The summed E-state index contributed by atoms with van der Waals surface area (Å²) in [5.74, 6) is 1.28. The molecule has 1 aromatic heterocycles.